The van der Waals surface area contributed by atoms with Gasteiger partial charge >= 0.3 is 0 Å². The summed E-state index contributed by atoms with van der Waals surface area (Å²) in [5.74, 6) is -0.463. The highest BCUT2D eigenvalue weighted by atomic mass is 35.5. The SMILES string of the molecule is CCCC(=O)NCC(=O)Nc1cc(Cl)cc(Cl)c1. The fourth-order valence-corrected chi connectivity index (χ4v) is 1.85. The van der Waals surface area contributed by atoms with E-state index in [2.05, 4.69) is 10.6 Å². The van der Waals surface area contributed by atoms with Gasteiger partial charge in [-0.3, -0.25) is 9.59 Å². The lowest BCUT2D eigenvalue weighted by molar-refractivity contribution is -0.124. The topological polar surface area (TPSA) is 58.2 Å². The fourth-order valence-electron chi connectivity index (χ4n) is 1.33. The summed E-state index contributed by atoms with van der Waals surface area (Å²) >= 11 is 11.6. The molecule has 6 heteroatoms. The maximum absolute atomic E-state index is 11.5. The van der Waals surface area contributed by atoms with Crippen molar-refractivity contribution in [2.45, 2.75) is 19.8 Å². The van der Waals surface area contributed by atoms with E-state index in [1.807, 2.05) is 6.92 Å². The van der Waals surface area contributed by atoms with Gasteiger partial charge in [-0.15, -0.1) is 0 Å². The molecule has 0 unspecified atom stereocenters. The highest BCUT2D eigenvalue weighted by Crippen LogP contribution is 2.22. The van der Waals surface area contributed by atoms with Gasteiger partial charge in [-0.2, -0.15) is 0 Å². The summed E-state index contributed by atoms with van der Waals surface area (Å²) in [5, 5.41) is 5.99. The summed E-state index contributed by atoms with van der Waals surface area (Å²) in [7, 11) is 0. The molecule has 2 N–H and O–H groups in total. The third kappa shape index (κ3) is 5.38. The maximum atomic E-state index is 11.5. The number of hydrogen-bond donors (Lipinski definition) is 2. The average Bonchev–Trinajstić information content (AvgIpc) is 2.25. The lowest BCUT2D eigenvalue weighted by Gasteiger charge is -2.07. The predicted molar refractivity (Wildman–Crippen MR) is 73.0 cm³/mol. The van der Waals surface area contributed by atoms with Gasteiger partial charge in [-0.25, -0.2) is 0 Å². The zero-order chi connectivity index (χ0) is 13.5. The second-order valence-electron chi connectivity index (χ2n) is 3.73. The van der Waals surface area contributed by atoms with Crippen molar-refractivity contribution in [3.8, 4) is 0 Å². The first kappa shape index (κ1) is 14.8. The molecular weight excluding hydrogens is 275 g/mol. The van der Waals surface area contributed by atoms with Crippen LogP contribution >= 0.6 is 23.2 Å². The molecule has 1 rings (SSSR count). The summed E-state index contributed by atoms with van der Waals surface area (Å²) in [4.78, 5) is 22.7. The van der Waals surface area contributed by atoms with Gasteiger partial charge in [0.15, 0.2) is 0 Å². The van der Waals surface area contributed by atoms with Gasteiger partial charge in [0.2, 0.25) is 11.8 Å². The fraction of sp³-hybridized carbons (Fsp3) is 0.333. The van der Waals surface area contributed by atoms with Crippen LogP contribution in [0.4, 0.5) is 5.69 Å². The largest absolute Gasteiger partial charge is 0.347 e. The van der Waals surface area contributed by atoms with Gasteiger partial charge in [0.05, 0.1) is 6.54 Å². The molecule has 0 aromatic heterocycles. The van der Waals surface area contributed by atoms with Crippen LogP contribution in [0.1, 0.15) is 19.8 Å². The number of carbonyl (C=O) groups excluding carboxylic acids is 2. The van der Waals surface area contributed by atoms with Gasteiger partial charge in [0, 0.05) is 22.2 Å². The Bertz CT molecular complexity index is 429. The lowest BCUT2D eigenvalue weighted by atomic mass is 10.3. The molecule has 2 amide bonds. The molecule has 0 heterocycles. The third-order valence-electron chi connectivity index (χ3n) is 2.07. The van der Waals surface area contributed by atoms with Gasteiger partial charge in [0.1, 0.15) is 0 Å². The molecule has 0 aliphatic carbocycles. The molecule has 98 valence electrons. The Morgan fingerprint density at radius 2 is 1.72 bits per heavy atom. The van der Waals surface area contributed by atoms with Crippen molar-refractivity contribution in [1.29, 1.82) is 0 Å². The van der Waals surface area contributed by atoms with E-state index >= 15 is 0 Å². The standard InChI is InChI=1S/C12H14Cl2N2O2/c1-2-3-11(17)15-7-12(18)16-10-5-8(13)4-9(14)6-10/h4-6H,2-3,7H2,1H3,(H,15,17)(H,16,18). The summed E-state index contributed by atoms with van der Waals surface area (Å²) in [5.41, 5.74) is 0.502. The van der Waals surface area contributed by atoms with Crippen LogP contribution < -0.4 is 10.6 Å². The zero-order valence-corrected chi connectivity index (χ0v) is 11.4. The third-order valence-corrected chi connectivity index (χ3v) is 2.51. The van der Waals surface area contributed by atoms with Gasteiger partial charge < -0.3 is 10.6 Å². The summed E-state index contributed by atoms with van der Waals surface area (Å²) in [6.07, 6.45) is 1.16. The summed E-state index contributed by atoms with van der Waals surface area (Å²) in [6.45, 7) is 1.83. The Hall–Kier alpha value is -1.26. The minimum Gasteiger partial charge on any atom is -0.347 e. The molecule has 0 spiro atoms. The monoisotopic (exact) mass is 288 g/mol. The normalized spacial score (nSPS) is 9.94. The quantitative estimate of drug-likeness (QED) is 0.875. The molecule has 0 radical (unpaired) electrons. The van der Waals surface area contributed by atoms with Crippen LogP contribution in [0.3, 0.4) is 0 Å². The summed E-state index contributed by atoms with van der Waals surface area (Å²) in [6, 6.07) is 4.74. The molecule has 0 aliphatic heterocycles. The number of halogens is 2. The van der Waals surface area contributed by atoms with E-state index in [1.165, 1.54) is 0 Å². The van der Waals surface area contributed by atoms with Gasteiger partial charge in [0.25, 0.3) is 0 Å². The van der Waals surface area contributed by atoms with E-state index in [4.69, 9.17) is 23.2 Å². The van der Waals surface area contributed by atoms with Gasteiger partial charge in [-0.05, 0) is 24.6 Å². The second-order valence-corrected chi connectivity index (χ2v) is 4.61. The molecule has 4 nitrogen and oxygen atoms in total. The predicted octanol–water partition coefficient (Wildman–Crippen LogP) is 2.85. The van der Waals surface area contributed by atoms with Crippen molar-refractivity contribution in [1.82, 2.24) is 5.32 Å². The molecule has 1 aromatic carbocycles. The molecular formula is C12H14Cl2N2O2. The highest BCUT2D eigenvalue weighted by Gasteiger charge is 2.06. The minimum atomic E-state index is -0.321. The first-order valence-electron chi connectivity index (χ1n) is 5.54. The summed E-state index contributed by atoms with van der Waals surface area (Å²) < 4.78 is 0. The number of carbonyl (C=O) groups is 2. The molecule has 0 aliphatic rings. The van der Waals surface area contributed by atoms with Crippen molar-refractivity contribution in [3.05, 3.63) is 28.2 Å². The maximum Gasteiger partial charge on any atom is 0.243 e. The molecule has 0 atom stereocenters. The molecule has 18 heavy (non-hydrogen) atoms. The Kier molecular flexibility index (Phi) is 5.95. The lowest BCUT2D eigenvalue weighted by Crippen LogP contribution is -2.32. The van der Waals surface area contributed by atoms with Crippen LogP contribution in [0, 0.1) is 0 Å². The number of amides is 2. The Labute approximate surface area is 116 Å². The van der Waals surface area contributed by atoms with Crippen molar-refractivity contribution >= 4 is 40.7 Å². The van der Waals surface area contributed by atoms with E-state index in [1.54, 1.807) is 18.2 Å². The van der Waals surface area contributed by atoms with E-state index in [-0.39, 0.29) is 18.4 Å². The first-order chi connectivity index (χ1) is 8.51. The number of benzene rings is 1. The van der Waals surface area contributed by atoms with Crippen LogP contribution in [0.15, 0.2) is 18.2 Å². The Morgan fingerprint density at radius 1 is 1.11 bits per heavy atom. The molecule has 0 bridgehead atoms. The second kappa shape index (κ2) is 7.24. The highest BCUT2D eigenvalue weighted by molar-refractivity contribution is 6.35. The molecule has 0 saturated carbocycles. The zero-order valence-electron chi connectivity index (χ0n) is 9.93. The van der Waals surface area contributed by atoms with Crippen molar-refractivity contribution < 1.29 is 9.59 Å². The van der Waals surface area contributed by atoms with Crippen molar-refractivity contribution in [2.24, 2.45) is 0 Å². The number of anilines is 1. The van der Waals surface area contributed by atoms with Crippen molar-refractivity contribution in [3.63, 3.8) is 0 Å². The average molecular weight is 289 g/mol. The Balaban J connectivity index is 2.47. The van der Waals surface area contributed by atoms with E-state index in [0.29, 0.717) is 22.2 Å². The van der Waals surface area contributed by atoms with E-state index in [9.17, 15) is 9.59 Å². The van der Waals surface area contributed by atoms with Crippen LogP contribution in [-0.4, -0.2) is 18.4 Å². The smallest absolute Gasteiger partial charge is 0.243 e. The minimum absolute atomic E-state index is 0.0665. The van der Waals surface area contributed by atoms with Crippen LogP contribution in [0.2, 0.25) is 10.0 Å². The van der Waals surface area contributed by atoms with E-state index in [0.717, 1.165) is 6.42 Å². The molecule has 0 fully saturated rings. The molecule has 0 saturated heterocycles. The number of rotatable bonds is 5. The van der Waals surface area contributed by atoms with Gasteiger partial charge in [-0.1, -0.05) is 30.1 Å². The van der Waals surface area contributed by atoms with Crippen LogP contribution in [-0.2, 0) is 9.59 Å². The van der Waals surface area contributed by atoms with Crippen LogP contribution in [0.5, 0.6) is 0 Å². The number of nitrogens with one attached hydrogen (secondary N) is 2. The van der Waals surface area contributed by atoms with Crippen molar-refractivity contribution in [2.75, 3.05) is 11.9 Å². The molecule has 1 aromatic rings. The first-order valence-corrected chi connectivity index (χ1v) is 6.29. The number of hydrogen-bond acceptors (Lipinski definition) is 2. The van der Waals surface area contributed by atoms with Crippen LogP contribution in [0.25, 0.3) is 0 Å². The van der Waals surface area contributed by atoms with E-state index < -0.39 is 0 Å². The Morgan fingerprint density at radius 3 is 2.28 bits per heavy atom.